The van der Waals surface area contributed by atoms with Crippen LogP contribution in [-0.4, -0.2) is 43.3 Å². The first-order chi connectivity index (χ1) is 13.2. The van der Waals surface area contributed by atoms with Gasteiger partial charge in [0.05, 0.1) is 18.5 Å². The van der Waals surface area contributed by atoms with Crippen molar-refractivity contribution in [3.05, 3.63) is 66.7 Å². The first-order valence-electron chi connectivity index (χ1n) is 8.95. The molecule has 2 heterocycles. The fourth-order valence-electron chi connectivity index (χ4n) is 3.37. The molecule has 4 rings (SSSR count). The maximum Gasteiger partial charge on any atom is 0.142 e. The molecule has 1 saturated heterocycles. The number of methoxy groups -OCH3 is 1. The summed E-state index contributed by atoms with van der Waals surface area (Å²) in [5.41, 5.74) is 2.80. The predicted molar refractivity (Wildman–Crippen MR) is 105 cm³/mol. The molecule has 0 aliphatic carbocycles. The van der Waals surface area contributed by atoms with Gasteiger partial charge in [-0.1, -0.05) is 12.1 Å². The van der Waals surface area contributed by atoms with Crippen molar-refractivity contribution in [1.82, 2.24) is 9.97 Å². The molecule has 1 aliphatic rings. The van der Waals surface area contributed by atoms with Crippen LogP contribution >= 0.6 is 0 Å². The lowest BCUT2D eigenvalue weighted by molar-refractivity contribution is 0.413. The Labute approximate surface area is 158 Å². The molecule has 2 aromatic carbocycles. The van der Waals surface area contributed by atoms with E-state index in [-0.39, 0.29) is 5.82 Å². The van der Waals surface area contributed by atoms with Crippen LogP contribution in [0.1, 0.15) is 0 Å². The van der Waals surface area contributed by atoms with E-state index in [0.717, 1.165) is 54.7 Å². The third-order valence-electron chi connectivity index (χ3n) is 4.82. The van der Waals surface area contributed by atoms with Gasteiger partial charge >= 0.3 is 0 Å². The van der Waals surface area contributed by atoms with Gasteiger partial charge in [-0.05, 0) is 36.4 Å². The molecule has 1 fully saturated rings. The largest absolute Gasteiger partial charge is 0.495 e. The van der Waals surface area contributed by atoms with Crippen molar-refractivity contribution in [3.63, 3.8) is 0 Å². The molecule has 6 heteroatoms. The molecule has 1 aromatic heterocycles. The van der Waals surface area contributed by atoms with Gasteiger partial charge in [0.2, 0.25) is 0 Å². The summed E-state index contributed by atoms with van der Waals surface area (Å²) in [5, 5.41) is 0. The summed E-state index contributed by atoms with van der Waals surface area (Å²) < 4.78 is 18.6. The fraction of sp³-hybridized carbons (Fsp3) is 0.238. The van der Waals surface area contributed by atoms with Crippen LogP contribution in [0.15, 0.2) is 60.9 Å². The third kappa shape index (κ3) is 3.69. The average Bonchev–Trinajstić information content (AvgIpc) is 2.74. The molecule has 1 aliphatic heterocycles. The molecule has 0 atom stereocenters. The van der Waals surface area contributed by atoms with E-state index in [4.69, 9.17) is 4.74 Å². The number of nitrogens with zero attached hydrogens (tertiary/aromatic N) is 4. The molecule has 0 saturated carbocycles. The van der Waals surface area contributed by atoms with Crippen LogP contribution in [0.2, 0.25) is 0 Å². The van der Waals surface area contributed by atoms with Crippen molar-refractivity contribution in [2.24, 2.45) is 0 Å². The molecule has 27 heavy (non-hydrogen) atoms. The zero-order chi connectivity index (χ0) is 18.6. The average molecular weight is 364 g/mol. The van der Waals surface area contributed by atoms with E-state index in [1.807, 2.05) is 24.3 Å². The van der Waals surface area contributed by atoms with Gasteiger partial charge < -0.3 is 14.5 Å². The number of benzene rings is 2. The smallest absolute Gasteiger partial charge is 0.142 e. The Bertz CT molecular complexity index is 908. The zero-order valence-electron chi connectivity index (χ0n) is 15.2. The summed E-state index contributed by atoms with van der Waals surface area (Å²) in [6, 6.07) is 16.4. The van der Waals surface area contributed by atoms with Gasteiger partial charge in [0.15, 0.2) is 0 Å². The summed E-state index contributed by atoms with van der Waals surface area (Å²) in [4.78, 5) is 13.3. The molecule has 0 unspecified atom stereocenters. The standard InChI is InChI=1S/C21H21FN4O/c1-27-20-5-3-2-4-19(20)25-10-12-26(13-11-25)21-14-18(23-15-24-21)16-6-8-17(22)9-7-16/h2-9,14-15H,10-13H2,1H3. The molecule has 0 bridgehead atoms. The van der Waals surface area contributed by atoms with Gasteiger partial charge in [-0.25, -0.2) is 14.4 Å². The van der Waals surface area contributed by atoms with Gasteiger partial charge in [-0.2, -0.15) is 0 Å². The van der Waals surface area contributed by atoms with Crippen LogP contribution in [0.25, 0.3) is 11.3 Å². The van der Waals surface area contributed by atoms with E-state index in [9.17, 15) is 4.39 Å². The summed E-state index contributed by atoms with van der Waals surface area (Å²) in [7, 11) is 1.70. The van der Waals surface area contributed by atoms with Crippen LogP contribution in [0.5, 0.6) is 5.75 Å². The first-order valence-corrected chi connectivity index (χ1v) is 8.95. The Morgan fingerprint density at radius 1 is 0.889 bits per heavy atom. The molecular formula is C21H21FN4O. The Morgan fingerprint density at radius 3 is 2.33 bits per heavy atom. The molecule has 3 aromatic rings. The van der Waals surface area contributed by atoms with Gasteiger partial charge in [0, 0.05) is 37.8 Å². The second-order valence-electron chi connectivity index (χ2n) is 6.41. The monoisotopic (exact) mass is 364 g/mol. The summed E-state index contributed by atoms with van der Waals surface area (Å²) in [6.07, 6.45) is 1.57. The van der Waals surface area contributed by atoms with Crippen LogP contribution in [0.3, 0.4) is 0 Å². The van der Waals surface area contributed by atoms with E-state index in [0.29, 0.717) is 0 Å². The van der Waals surface area contributed by atoms with Gasteiger partial charge in [-0.3, -0.25) is 0 Å². The number of halogens is 1. The molecule has 5 nitrogen and oxygen atoms in total. The second kappa shape index (κ2) is 7.61. The number of aromatic nitrogens is 2. The van der Waals surface area contributed by atoms with Crippen LogP contribution in [0, 0.1) is 5.82 Å². The lowest BCUT2D eigenvalue weighted by Gasteiger charge is -2.37. The van der Waals surface area contributed by atoms with Crippen molar-refractivity contribution < 1.29 is 9.13 Å². The quantitative estimate of drug-likeness (QED) is 0.707. The fourth-order valence-corrected chi connectivity index (χ4v) is 3.37. The summed E-state index contributed by atoms with van der Waals surface area (Å²) in [6.45, 7) is 3.49. The maximum absolute atomic E-state index is 13.1. The van der Waals surface area contributed by atoms with Gasteiger partial charge in [0.25, 0.3) is 0 Å². The summed E-state index contributed by atoms with van der Waals surface area (Å²) >= 11 is 0. The van der Waals surface area contributed by atoms with Crippen molar-refractivity contribution >= 4 is 11.5 Å². The molecule has 0 N–H and O–H groups in total. The van der Waals surface area contributed by atoms with Crippen molar-refractivity contribution in [2.75, 3.05) is 43.1 Å². The predicted octanol–water partition coefficient (Wildman–Crippen LogP) is 3.62. The zero-order valence-corrected chi connectivity index (χ0v) is 15.2. The number of hydrogen-bond acceptors (Lipinski definition) is 5. The highest BCUT2D eigenvalue weighted by atomic mass is 19.1. The van der Waals surface area contributed by atoms with Crippen molar-refractivity contribution in [2.45, 2.75) is 0 Å². The molecule has 0 radical (unpaired) electrons. The van der Waals surface area contributed by atoms with Crippen LogP contribution in [0.4, 0.5) is 15.9 Å². The lowest BCUT2D eigenvalue weighted by atomic mass is 10.1. The minimum absolute atomic E-state index is 0.250. The van der Waals surface area contributed by atoms with Crippen molar-refractivity contribution in [3.8, 4) is 17.0 Å². The van der Waals surface area contributed by atoms with E-state index >= 15 is 0 Å². The minimum atomic E-state index is -0.250. The number of anilines is 2. The van der Waals surface area contributed by atoms with Crippen molar-refractivity contribution in [1.29, 1.82) is 0 Å². The molecule has 0 spiro atoms. The second-order valence-corrected chi connectivity index (χ2v) is 6.41. The van der Waals surface area contributed by atoms with E-state index in [1.54, 1.807) is 25.6 Å². The third-order valence-corrected chi connectivity index (χ3v) is 4.82. The highest BCUT2D eigenvalue weighted by Gasteiger charge is 2.20. The minimum Gasteiger partial charge on any atom is -0.495 e. The topological polar surface area (TPSA) is 41.5 Å². The summed E-state index contributed by atoms with van der Waals surface area (Å²) in [5.74, 6) is 1.54. The molecule has 0 amide bonds. The normalized spacial score (nSPS) is 14.3. The Hall–Kier alpha value is -3.15. The Balaban J connectivity index is 1.48. The van der Waals surface area contributed by atoms with E-state index in [2.05, 4.69) is 25.8 Å². The number of rotatable bonds is 4. The van der Waals surface area contributed by atoms with E-state index in [1.165, 1.54) is 12.1 Å². The number of piperazine rings is 1. The maximum atomic E-state index is 13.1. The Morgan fingerprint density at radius 2 is 1.59 bits per heavy atom. The van der Waals surface area contributed by atoms with Gasteiger partial charge in [0.1, 0.15) is 23.7 Å². The van der Waals surface area contributed by atoms with Crippen LogP contribution < -0.4 is 14.5 Å². The molecule has 138 valence electrons. The number of para-hydroxylation sites is 2. The van der Waals surface area contributed by atoms with Crippen LogP contribution in [-0.2, 0) is 0 Å². The van der Waals surface area contributed by atoms with E-state index < -0.39 is 0 Å². The SMILES string of the molecule is COc1ccccc1N1CCN(c2cc(-c3ccc(F)cc3)ncn2)CC1. The highest BCUT2D eigenvalue weighted by Crippen LogP contribution is 2.29. The Kier molecular flexibility index (Phi) is 4.87. The lowest BCUT2D eigenvalue weighted by Crippen LogP contribution is -2.47. The van der Waals surface area contributed by atoms with Gasteiger partial charge in [-0.15, -0.1) is 0 Å². The highest BCUT2D eigenvalue weighted by molar-refractivity contribution is 5.63. The number of hydrogen-bond donors (Lipinski definition) is 0. The first kappa shape index (κ1) is 17.3. The molecular weight excluding hydrogens is 343 g/mol. The number of ether oxygens (including phenoxy) is 1.